The van der Waals surface area contributed by atoms with Crippen molar-refractivity contribution in [3.05, 3.63) is 109 Å². The van der Waals surface area contributed by atoms with Crippen molar-refractivity contribution in [3.63, 3.8) is 0 Å². The predicted octanol–water partition coefficient (Wildman–Crippen LogP) is 16.8. The molecule has 6 heteroatoms. The number of allylic oxidation sites excluding steroid dienone is 18. The van der Waals surface area contributed by atoms with Crippen molar-refractivity contribution >= 4 is 17.9 Å². The zero-order chi connectivity index (χ0) is 45.8. The minimum absolute atomic E-state index is 0.111. The summed E-state index contributed by atoms with van der Waals surface area (Å²) >= 11 is 0. The van der Waals surface area contributed by atoms with Crippen LogP contribution in [0.4, 0.5) is 0 Å². The molecule has 0 radical (unpaired) electrons. The van der Waals surface area contributed by atoms with Crippen molar-refractivity contribution < 1.29 is 28.6 Å². The van der Waals surface area contributed by atoms with Crippen molar-refractivity contribution in [2.45, 2.75) is 219 Å². The van der Waals surface area contributed by atoms with Gasteiger partial charge in [0, 0.05) is 19.3 Å². The van der Waals surface area contributed by atoms with E-state index in [1.165, 1.54) is 51.4 Å². The Morgan fingerprint density at radius 1 is 0.333 bits per heavy atom. The molecule has 6 nitrogen and oxygen atoms in total. The van der Waals surface area contributed by atoms with Gasteiger partial charge in [0.2, 0.25) is 0 Å². The zero-order valence-corrected chi connectivity index (χ0v) is 40.5. The van der Waals surface area contributed by atoms with Crippen LogP contribution in [0.2, 0.25) is 0 Å². The molecule has 0 aromatic carbocycles. The molecule has 1 atom stereocenters. The number of unbranched alkanes of at least 4 members (excludes halogenated alkanes) is 15. The second-order valence-electron chi connectivity index (χ2n) is 16.3. The summed E-state index contributed by atoms with van der Waals surface area (Å²) in [6.07, 6.45) is 67.9. The van der Waals surface area contributed by atoms with Gasteiger partial charge in [-0.05, 0) is 122 Å². The summed E-state index contributed by atoms with van der Waals surface area (Å²) in [4.78, 5) is 37.9. The quantitative estimate of drug-likeness (QED) is 0.0263. The summed E-state index contributed by atoms with van der Waals surface area (Å²) in [5, 5.41) is 0. The topological polar surface area (TPSA) is 78.9 Å². The molecule has 0 aliphatic heterocycles. The van der Waals surface area contributed by atoms with Crippen LogP contribution in [0.3, 0.4) is 0 Å². The van der Waals surface area contributed by atoms with E-state index in [0.29, 0.717) is 19.3 Å². The molecule has 0 bridgehead atoms. The maximum absolute atomic E-state index is 12.8. The summed E-state index contributed by atoms with van der Waals surface area (Å²) in [7, 11) is 0. The molecule has 0 saturated carbocycles. The average Bonchev–Trinajstić information content (AvgIpc) is 3.28. The van der Waals surface area contributed by atoms with Crippen LogP contribution in [0.25, 0.3) is 0 Å². The predicted molar refractivity (Wildman–Crippen MR) is 270 cm³/mol. The molecule has 1 unspecified atom stereocenters. The number of hydrogen-bond donors (Lipinski definition) is 0. The minimum Gasteiger partial charge on any atom is -0.462 e. The minimum atomic E-state index is -0.816. The van der Waals surface area contributed by atoms with Crippen molar-refractivity contribution in [3.8, 4) is 0 Å². The van der Waals surface area contributed by atoms with Gasteiger partial charge in [-0.2, -0.15) is 0 Å². The molecule has 63 heavy (non-hydrogen) atoms. The van der Waals surface area contributed by atoms with E-state index in [2.05, 4.69) is 130 Å². The monoisotopic (exact) mass is 873 g/mol. The summed E-state index contributed by atoms with van der Waals surface area (Å²) < 4.78 is 16.7. The highest BCUT2D eigenvalue weighted by Crippen LogP contribution is 2.13. The van der Waals surface area contributed by atoms with E-state index in [-0.39, 0.29) is 37.5 Å². The fourth-order valence-corrected chi connectivity index (χ4v) is 6.48. The van der Waals surface area contributed by atoms with E-state index in [1.807, 2.05) is 0 Å². The molecule has 0 saturated heterocycles. The molecule has 0 aliphatic carbocycles. The van der Waals surface area contributed by atoms with Crippen LogP contribution in [-0.4, -0.2) is 37.2 Å². The number of carbonyl (C=O) groups excluding carboxylic acids is 3. The van der Waals surface area contributed by atoms with E-state index in [4.69, 9.17) is 14.2 Å². The van der Waals surface area contributed by atoms with Gasteiger partial charge in [-0.25, -0.2) is 0 Å². The molecular formula is C57H92O6. The maximum atomic E-state index is 12.8. The van der Waals surface area contributed by atoms with Crippen LogP contribution in [0.15, 0.2) is 109 Å². The highest BCUT2D eigenvalue weighted by Gasteiger charge is 2.19. The molecule has 0 spiro atoms. The van der Waals surface area contributed by atoms with Gasteiger partial charge in [0.15, 0.2) is 6.10 Å². The average molecular weight is 873 g/mol. The lowest BCUT2D eigenvalue weighted by Gasteiger charge is -2.18. The van der Waals surface area contributed by atoms with E-state index in [9.17, 15) is 14.4 Å². The number of esters is 3. The van der Waals surface area contributed by atoms with Gasteiger partial charge in [0.25, 0.3) is 0 Å². The largest absolute Gasteiger partial charge is 0.462 e. The van der Waals surface area contributed by atoms with Gasteiger partial charge in [0.1, 0.15) is 13.2 Å². The third-order valence-electron chi connectivity index (χ3n) is 10.2. The summed E-state index contributed by atoms with van der Waals surface area (Å²) in [6, 6.07) is 0. The lowest BCUT2D eigenvalue weighted by atomic mass is 10.1. The molecule has 0 N–H and O–H groups in total. The Kier molecular flexibility index (Phi) is 47.5. The third-order valence-corrected chi connectivity index (χ3v) is 10.2. The summed E-state index contributed by atoms with van der Waals surface area (Å²) in [5.74, 6) is -0.997. The first kappa shape index (κ1) is 59.1. The molecule has 0 rings (SSSR count). The summed E-state index contributed by atoms with van der Waals surface area (Å²) in [6.45, 7) is 6.30. The van der Waals surface area contributed by atoms with Crippen LogP contribution in [0, 0.1) is 0 Å². The highest BCUT2D eigenvalue weighted by atomic mass is 16.6. The van der Waals surface area contributed by atoms with Crippen LogP contribution in [0.1, 0.15) is 213 Å². The van der Waals surface area contributed by atoms with Crippen molar-refractivity contribution in [2.75, 3.05) is 13.2 Å². The Balaban J connectivity index is 4.51. The fourth-order valence-electron chi connectivity index (χ4n) is 6.48. The molecule has 0 fully saturated rings. The molecule has 0 aromatic heterocycles. The van der Waals surface area contributed by atoms with Crippen molar-refractivity contribution in [2.24, 2.45) is 0 Å². The zero-order valence-electron chi connectivity index (χ0n) is 40.5. The first-order valence-electron chi connectivity index (χ1n) is 25.4. The third kappa shape index (κ3) is 49.0. The maximum Gasteiger partial charge on any atom is 0.306 e. The molecule has 0 aliphatic rings. The first-order chi connectivity index (χ1) is 31.0. The van der Waals surface area contributed by atoms with E-state index in [1.54, 1.807) is 0 Å². The molecule has 0 amide bonds. The Bertz CT molecular complexity index is 1330. The Hall–Kier alpha value is -3.93. The van der Waals surface area contributed by atoms with Gasteiger partial charge >= 0.3 is 17.9 Å². The van der Waals surface area contributed by atoms with Gasteiger partial charge in [-0.1, -0.05) is 182 Å². The van der Waals surface area contributed by atoms with Gasteiger partial charge in [-0.3, -0.25) is 14.4 Å². The second kappa shape index (κ2) is 50.7. The highest BCUT2D eigenvalue weighted by molar-refractivity contribution is 5.71. The molecule has 0 aromatic rings. The van der Waals surface area contributed by atoms with Crippen LogP contribution in [0.5, 0.6) is 0 Å². The van der Waals surface area contributed by atoms with E-state index >= 15 is 0 Å². The molecule has 0 heterocycles. The Morgan fingerprint density at radius 2 is 0.619 bits per heavy atom. The van der Waals surface area contributed by atoms with Crippen molar-refractivity contribution in [1.82, 2.24) is 0 Å². The lowest BCUT2D eigenvalue weighted by molar-refractivity contribution is -0.167. The van der Waals surface area contributed by atoms with Gasteiger partial charge < -0.3 is 14.2 Å². The Labute approximate surface area is 387 Å². The van der Waals surface area contributed by atoms with Crippen LogP contribution >= 0.6 is 0 Å². The first-order valence-corrected chi connectivity index (χ1v) is 25.4. The molecule has 356 valence electrons. The number of hydrogen-bond acceptors (Lipinski definition) is 6. The van der Waals surface area contributed by atoms with Crippen molar-refractivity contribution in [1.29, 1.82) is 0 Å². The van der Waals surface area contributed by atoms with Crippen LogP contribution in [-0.2, 0) is 28.6 Å². The normalized spacial score (nSPS) is 13.0. The molecular weight excluding hydrogens is 781 g/mol. The smallest absolute Gasteiger partial charge is 0.306 e. The van der Waals surface area contributed by atoms with Gasteiger partial charge in [-0.15, -0.1) is 0 Å². The Morgan fingerprint density at radius 3 is 1.02 bits per heavy atom. The lowest BCUT2D eigenvalue weighted by Crippen LogP contribution is -2.30. The second-order valence-corrected chi connectivity index (χ2v) is 16.3. The SMILES string of the molecule is CC/C=C\C/C=C\C/C=C\C/C=C\CCCCC(=O)OC(COC(=O)CCCCC/C=C\C/C=C\C/C=C\CC)COC(=O)CCCCCCCCC/C=C\C/C=C\CCCCC. The van der Waals surface area contributed by atoms with Gasteiger partial charge in [0.05, 0.1) is 0 Å². The fraction of sp³-hybridized carbons (Fsp3) is 0.632. The number of rotatable bonds is 44. The van der Waals surface area contributed by atoms with Crippen LogP contribution < -0.4 is 0 Å². The number of carbonyl (C=O) groups is 3. The van der Waals surface area contributed by atoms with E-state index < -0.39 is 6.10 Å². The van der Waals surface area contributed by atoms with E-state index in [0.717, 1.165) is 116 Å². The number of ether oxygens (including phenoxy) is 3. The standard InChI is InChI=1S/C57H92O6/c1-4-7-10-13-16-19-22-25-27-28-30-32-35-38-41-44-47-50-56(59)62-53-54(52-61-55(58)49-46-43-40-37-34-31-24-21-18-15-12-9-6-3)63-57(60)51-48-45-42-39-36-33-29-26-23-20-17-14-11-8-5-2/h8-9,11-12,16-21,25-27,29,31,34,36,39,54H,4-7,10,13-15,22-24,28,30,32-33,35,37-38,40-53H2,1-3H3/b11-8-,12-9-,19-16-,20-17-,21-18-,27-25-,29-26-,34-31-,39-36-. The summed E-state index contributed by atoms with van der Waals surface area (Å²) in [5.41, 5.74) is 0.